The van der Waals surface area contributed by atoms with Gasteiger partial charge in [-0.1, -0.05) is 11.6 Å². The van der Waals surface area contributed by atoms with Gasteiger partial charge in [0.05, 0.1) is 6.54 Å². The van der Waals surface area contributed by atoms with Crippen molar-refractivity contribution in [2.24, 2.45) is 0 Å². The molecule has 2 aromatic rings. The Morgan fingerprint density at radius 2 is 2.07 bits per heavy atom. The number of halogens is 1. The van der Waals surface area contributed by atoms with Gasteiger partial charge >= 0.3 is 0 Å². The molecule has 4 nitrogen and oxygen atoms in total. The van der Waals surface area contributed by atoms with Crippen LogP contribution in [-0.2, 0) is 11.2 Å². The number of carbonyl (C=O) groups is 1. The molecule has 1 unspecified atom stereocenters. The summed E-state index contributed by atoms with van der Waals surface area (Å²) < 4.78 is 20.3. The van der Waals surface area contributed by atoms with Crippen LogP contribution in [0.4, 0.5) is 4.39 Å². The Hall–Kier alpha value is -2.69. The lowest BCUT2D eigenvalue weighted by Crippen LogP contribution is -2.34. The van der Waals surface area contributed by atoms with Crippen LogP contribution in [0.3, 0.4) is 0 Å². The maximum atomic E-state index is 14.3. The molecule has 2 aliphatic rings. The number of nitrogens with one attached hydrogen (secondary N) is 1. The lowest BCUT2D eigenvalue weighted by atomic mass is 9.97. The Labute approximate surface area is 158 Å². The number of fused-ring (bicyclic) bond motifs is 1. The summed E-state index contributed by atoms with van der Waals surface area (Å²) in [6.45, 7) is 0.385. The topological polar surface area (TPSA) is 51.2 Å². The zero-order valence-electron chi connectivity index (χ0n) is 15.2. The molecule has 0 spiro atoms. The van der Waals surface area contributed by atoms with Crippen molar-refractivity contribution in [2.45, 2.75) is 44.6 Å². The molecule has 1 amide bonds. The molecule has 140 valence electrons. The van der Waals surface area contributed by atoms with Crippen LogP contribution in [0, 0.1) is 5.82 Å². The molecule has 2 heterocycles. The minimum atomic E-state index is -0.260. The highest BCUT2D eigenvalue weighted by atomic mass is 19.1. The van der Waals surface area contributed by atoms with E-state index in [-0.39, 0.29) is 17.8 Å². The number of ether oxygens (including phenoxy) is 1. The Bertz CT molecular complexity index is 864. The molecule has 0 saturated carbocycles. The number of benzene rings is 1. The van der Waals surface area contributed by atoms with Crippen LogP contribution in [-0.4, -0.2) is 23.5 Å². The molecule has 0 radical (unpaired) electrons. The van der Waals surface area contributed by atoms with Gasteiger partial charge in [-0.3, -0.25) is 9.78 Å². The molecule has 1 aromatic heterocycles. The van der Waals surface area contributed by atoms with Crippen LogP contribution in [0.2, 0.25) is 0 Å². The first kappa shape index (κ1) is 17.7. The second-order valence-corrected chi connectivity index (χ2v) is 7.17. The number of carbonyl (C=O) groups excluding carboxylic acids is 1. The van der Waals surface area contributed by atoms with Crippen molar-refractivity contribution in [3.8, 4) is 16.9 Å². The average Bonchev–Trinajstić information content (AvgIpc) is 3.13. The maximum absolute atomic E-state index is 14.3. The van der Waals surface area contributed by atoms with E-state index < -0.39 is 0 Å². The van der Waals surface area contributed by atoms with Gasteiger partial charge in [0.25, 0.3) is 0 Å². The van der Waals surface area contributed by atoms with Crippen molar-refractivity contribution in [2.75, 3.05) is 6.54 Å². The minimum absolute atomic E-state index is 0.0116. The number of pyridine rings is 1. The van der Waals surface area contributed by atoms with Crippen molar-refractivity contribution < 1.29 is 13.9 Å². The SMILES string of the molecule is O=C(CC1=CCCCC1)NCC1Cc2c(F)ccc(-c3ccncc3)c2O1. The zero-order valence-corrected chi connectivity index (χ0v) is 15.2. The molecule has 0 saturated heterocycles. The predicted molar refractivity (Wildman–Crippen MR) is 102 cm³/mol. The van der Waals surface area contributed by atoms with E-state index in [1.54, 1.807) is 18.5 Å². The Morgan fingerprint density at radius 1 is 1.22 bits per heavy atom. The van der Waals surface area contributed by atoms with Gasteiger partial charge in [0.15, 0.2) is 0 Å². The number of aromatic nitrogens is 1. The predicted octanol–water partition coefficient (Wildman–Crippen LogP) is 4.20. The molecule has 1 atom stereocenters. The minimum Gasteiger partial charge on any atom is -0.487 e. The lowest BCUT2D eigenvalue weighted by Gasteiger charge is -2.15. The molecule has 1 aliphatic carbocycles. The highest BCUT2D eigenvalue weighted by molar-refractivity contribution is 5.78. The van der Waals surface area contributed by atoms with Crippen LogP contribution in [0.15, 0.2) is 48.3 Å². The molecule has 27 heavy (non-hydrogen) atoms. The van der Waals surface area contributed by atoms with Gasteiger partial charge in [0.1, 0.15) is 17.7 Å². The summed E-state index contributed by atoms with van der Waals surface area (Å²) >= 11 is 0. The summed E-state index contributed by atoms with van der Waals surface area (Å²) in [5.41, 5.74) is 3.60. The highest BCUT2D eigenvalue weighted by Gasteiger charge is 2.29. The normalized spacial score (nSPS) is 18.4. The fourth-order valence-corrected chi connectivity index (χ4v) is 3.80. The summed E-state index contributed by atoms with van der Waals surface area (Å²) in [5, 5.41) is 2.95. The molecular weight excluding hydrogens is 343 g/mol. The van der Waals surface area contributed by atoms with Gasteiger partial charge < -0.3 is 10.1 Å². The van der Waals surface area contributed by atoms with E-state index in [0.29, 0.717) is 30.7 Å². The highest BCUT2D eigenvalue weighted by Crippen LogP contribution is 2.40. The van der Waals surface area contributed by atoms with Gasteiger partial charge in [0, 0.05) is 36.4 Å². The van der Waals surface area contributed by atoms with Crippen molar-refractivity contribution in [1.29, 1.82) is 0 Å². The van der Waals surface area contributed by atoms with Gasteiger partial charge in [-0.25, -0.2) is 4.39 Å². The van der Waals surface area contributed by atoms with Gasteiger partial charge in [-0.05, 0) is 55.5 Å². The van der Waals surface area contributed by atoms with Gasteiger partial charge in [0.2, 0.25) is 5.91 Å². The Morgan fingerprint density at radius 3 is 2.85 bits per heavy atom. The van der Waals surface area contributed by atoms with Crippen LogP contribution < -0.4 is 10.1 Å². The fourth-order valence-electron chi connectivity index (χ4n) is 3.80. The van der Waals surface area contributed by atoms with Crippen molar-refractivity contribution in [3.63, 3.8) is 0 Å². The number of amides is 1. The molecule has 0 bridgehead atoms. The third kappa shape index (κ3) is 4.02. The smallest absolute Gasteiger partial charge is 0.224 e. The molecular formula is C22H23FN2O2. The first-order valence-electron chi connectivity index (χ1n) is 9.54. The molecule has 1 N–H and O–H groups in total. The van der Waals surface area contributed by atoms with E-state index in [9.17, 15) is 9.18 Å². The largest absolute Gasteiger partial charge is 0.487 e. The van der Waals surface area contributed by atoms with Crippen LogP contribution in [0.1, 0.15) is 37.7 Å². The fraction of sp³-hybridized carbons (Fsp3) is 0.364. The molecule has 1 aliphatic heterocycles. The van der Waals surface area contributed by atoms with Gasteiger partial charge in [-0.15, -0.1) is 0 Å². The second kappa shape index (κ2) is 7.91. The number of hydrogen-bond donors (Lipinski definition) is 1. The Balaban J connectivity index is 1.41. The van der Waals surface area contributed by atoms with E-state index in [0.717, 1.165) is 30.4 Å². The van der Waals surface area contributed by atoms with E-state index in [1.807, 2.05) is 12.1 Å². The van der Waals surface area contributed by atoms with Crippen LogP contribution in [0.25, 0.3) is 11.1 Å². The molecule has 5 heteroatoms. The van der Waals surface area contributed by atoms with Crippen molar-refractivity contribution in [1.82, 2.24) is 10.3 Å². The van der Waals surface area contributed by atoms with E-state index >= 15 is 0 Å². The summed E-state index contributed by atoms with van der Waals surface area (Å²) in [6.07, 6.45) is 10.7. The van der Waals surface area contributed by atoms with Crippen LogP contribution >= 0.6 is 0 Å². The monoisotopic (exact) mass is 366 g/mol. The van der Waals surface area contributed by atoms with Crippen molar-refractivity contribution >= 4 is 5.91 Å². The zero-order chi connectivity index (χ0) is 18.6. The molecule has 0 fully saturated rings. The summed E-state index contributed by atoms with van der Waals surface area (Å²) in [5.74, 6) is 0.331. The average molecular weight is 366 g/mol. The van der Waals surface area contributed by atoms with Crippen molar-refractivity contribution in [3.05, 3.63) is 59.7 Å². The first-order valence-corrected chi connectivity index (χ1v) is 9.54. The third-order valence-electron chi connectivity index (χ3n) is 5.21. The molecule has 4 rings (SSSR count). The molecule has 1 aromatic carbocycles. The van der Waals surface area contributed by atoms with Gasteiger partial charge in [-0.2, -0.15) is 0 Å². The number of rotatable bonds is 5. The van der Waals surface area contributed by atoms with E-state index in [4.69, 9.17) is 4.74 Å². The lowest BCUT2D eigenvalue weighted by molar-refractivity contribution is -0.120. The third-order valence-corrected chi connectivity index (χ3v) is 5.21. The quantitative estimate of drug-likeness (QED) is 0.807. The summed E-state index contributed by atoms with van der Waals surface area (Å²) in [6, 6.07) is 6.97. The number of nitrogens with zero attached hydrogens (tertiary/aromatic N) is 1. The summed E-state index contributed by atoms with van der Waals surface area (Å²) in [7, 11) is 0. The standard InChI is InChI=1S/C22H23FN2O2/c23-20-7-6-18(16-8-10-24-11-9-16)22-19(20)13-17(27-22)14-25-21(26)12-15-4-2-1-3-5-15/h4,6-11,17H,1-3,5,12-14H2,(H,25,26). The van der Waals surface area contributed by atoms with Crippen LogP contribution in [0.5, 0.6) is 5.75 Å². The van der Waals surface area contributed by atoms with E-state index in [1.165, 1.54) is 18.1 Å². The first-order chi connectivity index (χ1) is 13.2. The van der Waals surface area contributed by atoms with E-state index in [2.05, 4.69) is 16.4 Å². The maximum Gasteiger partial charge on any atom is 0.224 e. The Kier molecular flexibility index (Phi) is 5.19. The number of allylic oxidation sites excluding steroid dienone is 1. The second-order valence-electron chi connectivity index (χ2n) is 7.17. The summed E-state index contributed by atoms with van der Waals surface area (Å²) in [4.78, 5) is 16.2. The number of hydrogen-bond acceptors (Lipinski definition) is 3.